The summed E-state index contributed by atoms with van der Waals surface area (Å²) in [5.41, 5.74) is 1.75. The lowest BCUT2D eigenvalue weighted by Gasteiger charge is -2.02. The molecule has 1 aromatic carbocycles. The second-order valence-electron chi connectivity index (χ2n) is 3.18. The van der Waals surface area contributed by atoms with Crippen LogP contribution in [0.25, 0.3) is 10.9 Å². The summed E-state index contributed by atoms with van der Waals surface area (Å²) in [4.78, 5) is 14.6. The van der Waals surface area contributed by atoms with Gasteiger partial charge in [0.15, 0.2) is 0 Å². The molecule has 0 bridgehead atoms. The Kier molecular flexibility index (Phi) is 2.25. The summed E-state index contributed by atoms with van der Waals surface area (Å²) >= 11 is 0. The summed E-state index contributed by atoms with van der Waals surface area (Å²) in [6.07, 6.45) is -1.31. The SMILES string of the molecule is Cc1ccc2cc(OC(=O)O)ccc2n1. The molecule has 15 heavy (non-hydrogen) atoms. The predicted octanol–water partition coefficient (Wildman–Crippen LogP) is 2.60. The molecule has 1 heterocycles. The number of hydrogen-bond donors (Lipinski definition) is 1. The van der Waals surface area contributed by atoms with Crippen molar-refractivity contribution in [2.45, 2.75) is 6.92 Å². The van der Waals surface area contributed by atoms with Gasteiger partial charge in [-0.05, 0) is 31.2 Å². The van der Waals surface area contributed by atoms with E-state index in [1.54, 1.807) is 18.2 Å². The highest BCUT2D eigenvalue weighted by molar-refractivity contribution is 5.80. The lowest BCUT2D eigenvalue weighted by Crippen LogP contribution is -2.02. The maximum Gasteiger partial charge on any atom is 0.511 e. The molecule has 1 N–H and O–H groups in total. The molecule has 76 valence electrons. The zero-order chi connectivity index (χ0) is 10.8. The summed E-state index contributed by atoms with van der Waals surface area (Å²) in [5, 5.41) is 9.31. The highest BCUT2D eigenvalue weighted by atomic mass is 16.7. The number of aromatic nitrogens is 1. The Labute approximate surface area is 86.1 Å². The Hall–Kier alpha value is -2.10. The van der Waals surface area contributed by atoms with E-state index in [2.05, 4.69) is 9.72 Å². The van der Waals surface area contributed by atoms with Gasteiger partial charge in [0.2, 0.25) is 0 Å². The maximum atomic E-state index is 10.3. The molecular weight excluding hydrogens is 194 g/mol. The van der Waals surface area contributed by atoms with Crippen molar-refractivity contribution in [2.24, 2.45) is 0 Å². The summed E-state index contributed by atoms with van der Waals surface area (Å²) < 4.78 is 4.54. The smallest absolute Gasteiger partial charge is 0.449 e. The van der Waals surface area contributed by atoms with Crippen LogP contribution in [0, 0.1) is 6.92 Å². The Morgan fingerprint density at radius 2 is 2.13 bits per heavy atom. The van der Waals surface area contributed by atoms with Crippen LogP contribution in [-0.2, 0) is 0 Å². The molecule has 0 spiro atoms. The van der Waals surface area contributed by atoms with Crippen LogP contribution in [0.15, 0.2) is 30.3 Å². The van der Waals surface area contributed by atoms with Crippen molar-refractivity contribution < 1.29 is 14.6 Å². The Balaban J connectivity index is 2.47. The Morgan fingerprint density at radius 3 is 2.87 bits per heavy atom. The zero-order valence-electron chi connectivity index (χ0n) is 8.10. The van der Waals surface area contributed by atoms with E-state index in [0.29, 0.717) is 5.75 Å². The first kappa shape index (κ1) is 9.45. The number of carbonyl (C=O) groups is 1. The highest BCUT2D eigenvalue weighted by Crippen LogP contribution is 2.19. The quantitative estimate of drug-likeness (QED) is 0.571. The fourth-order valence-electron chi connectivity index (χ4n) is 1.37. The summed E-state index contributed by atoms with van der Waals surface area (Å²) in [5.74, 6) is 0.306. The van der Waals surface area contributed by atoms with Gasteiger partial charge in [-0.15, -0.1) is 0 Å². The first-order valence-electron chi connectivity index (χ1n) is 4.43. The Bertz CT molecular complexity index is 522. The third-order valence-electron chi connectivity index (χ3n) is 2.01. The van der Waals surface area contributed by atoms with Crippen LogP contribution in [0.4, 0.5) is 4.79 Å². The average molecular weight is 203 g/mol. The Morgan fingerprint density at radius 1 is 1.33 bits per heavy atom. The second kappa shape index (κ2) is 3.57. The van der Waals surface area contributed by atoms with Gasteiger partial charge in [-0.3, -0.25) is 4.98 Å². The van der Waals surface area contributed by atoms with Crippen LogP contribution < -0.4 is 4.74 Å². The first-order valence-corrected chi connectivity index (χ1v) is 4.43. The van der Waals surface area contributed by atoms with Gasteiger partial charge in [0, 0.05) is 11.1 Å². The van der Waals surface area contributed by atoms with Gasteiger partial charge >= 0.3 is 6.16 Å². The molecule has 0 aliphatic carbocycles. The molecule has 4 nitrogen and oxygen atoms in total. The lowest BCUT2D eigenvalue weighted by molar-refractivity contribution is 0.144. The van der Waals surface area contributed by atoms with E-state index in [1.165, 1.54) is 0 Å². The largest absolute Gasteiger partial charge is 0.511 e. The standard InChI is InChI=1S/C11H9NO3/c1-7-2-3-8-6-9(15-11(13)14)4-5-10(8)12-7/h2-6H,1H3,(H,13,14). The van der Waals surface area contributed by atoms with E-state index in [0.717, 1.165) is 16.6 Å². The molecule has 4 heteroatoms. The molecule has 0 aliphatic heterocycles. The minimum absolute atomic E-state index is 0.306. The minimum atomic E-state index is -1.31. The molecule has 0 unspecified atom stereocenters. The van der Waals surface area contributed by atoms with Crippen LogP contribution >= 0.6 is 0 Å². The predicted molar refractivity (Wildman–Crippen MR) is 55.1 cm³/mol. The van der Waals surface area contributed by atoms with E-state index in [9.17, 15) is 4.79 Å². The average Bonchev–Trinajstić information content (AvgIpc) is 2.17. The van der Waals surface area contributed by atoms with Gasteiger partial charge in [-0.2, -0.15) is 0 Å². The fourth-order valence-corrected chi connectivity index (χ4v) is 1.37. The molecule has 2 rings (SSSR count). The lowest BCUT2D eigenvalue weighted by atomic mass is 10.2. The minimum Gasteiger partial charge on any atom is -0.449 e. The van der Waals surface area contributed by atoms with Gasteiger partial charge in [0.25, 0.3) is 0 Å². The van der Waals surface area contributed by atoms with Crippen LogP contribution in [0.1, 0.15) is 5.69 Å². The summed E-state index contributed by atoms with van der Waals surface area (Å²) in [6, 6.07) is 8.72. The van der Waals surface area contributed by atoms with Crippen LogP contribution in [0.3, 0.4) is 0 Å². The molecule has 0 saturated heterocycles. The zero-order valence-corrected chi connectivity index (χ0v) is 8.10. The van der Waals surface area contributed by atoms with Crippen molar-refractivity contribution >= 4 is 17.1 Å². The molecule has 0 amide bonds. The molecule has 1 aromatic heterocycles. The third kappa shape index (κ3) is 2.04. The number of ether oxygens (including phenoxy) is 1. The summed E-state index contributed by atoms with van der Waals surface area (Å²) in [7, 11) is 0. The van der Waals surface area contributed by atoms with Gasteiger partial charge in [-0.1, -0.05) is 6.07 Å². The van der Waals surface area contributed by atoms with Gasteiger partial charge in [0.05, 0.1) is 5.52 Å². The van der Waals surface area contributed by atoms with E-state index in [4.69, 9.17) is 5.11 Å². The number of carboxylic acid groups (broad SMARTS) is 1. The van der Waals surface area contributed by atoms with Crippen molar-refractivity contribution in [1.82, 2.24) is 4.98 Å². The van der Waals surface area contributed by atoms with Crippen molar-refractivity contribution in [3.8, 4) is 5.75 Å². The molecule has 0 atom stereocenters. The highest BCUT2D eigenvalue weighted by Gasteiger charge is 2.02. The first-order chi connectivity index (χ1) is 7.15. The number of benzene rings is 1. The monoisotopic (exact) mass is 203 g/mol. The molecule has 2 aromatic rings. The van der Waals surface area contributed by atoms with Crippen LogP contribution in [-0.4, -0.2) is 16.2 Å². The summed E-state index contributed by atoms with van der Waals surface area (Å²) in [6.45, 7) is 1.90. The normalized spacial score (nSPS) is 10.2. The van der Waals surface area contributed by atoms with Gasteiger partial charge in [0.1, 0.15) is 5.75 Å². The van der Waals surface area contributed by atoms with E-state index >= 15 is 0 Å². The molecule has 0 saturated carbocycles. The maximum absolute atomic E-state index is 10.3. The third-order valence-corrected chi connectivity index (χ3v) is 2.01. The van der Waals surface area contributed by atoms with Crippen molar-refractivity contribution in [3.63, 3.8) is 0 Å². The topological polar surface area (TPSA) is 59.4 Å². The van der Waals surface area contributed by atoms with Crippen LogP contribution in [0.2, 0.25) is 0 Å². The van der Waals surface area contributed by atoms with Crippen LogP contribution in [0.5, 0.6) is 5.75 Å². The number of pyridine rings is 1. The number of rotatable bonds is 1. The molecule has 0 fully saturated rings. The van der Waals surface area contributed by atoms with Crippen molar-refractivity contribution in [1.29, 1.82) is 0 Å². The van der Waals surface area contributed by atoms with E-state index in [-0.39, 0.29) is 0 Å². The fraction of sp³-hybridized carbons (Fsp3) is 0.0909. The van der Waals surface area contributed by atoms with Crippen molar-refractivity contribution in [3.05, 3.63) is 36.0 Å². The van der Waals surface area contributed by atoms with Gasteiger partial charge in [-0.25, -0.2) is 4.79 Å². The van der Waals surface area contributed by atoms with E-state index < -0.39 is 6.16 Å². The number of fused-ring (bicyclic) bond motifs is 1. The van der Waals surface area contributed by atoms with Crippen molar-refractivity contribution in [2.75, 3.05) is 0 Å². The number of hydrogen-bond acceptors (Lipinski definition) is 3. The molecular formula is C11H9NO3. The van der Waals surface area contributed by atoms with E-state index in [1.807, 2.05) is 19.1 Å². The molecule has 0 radical (unpaired) electrons. The second-order valence-corrected chi connectivity index (χ2v) is 3.18. The molecule has 0 aliphatic rings. The van der Waals surface area contributed by atoms with Gasteiger partial charge < -0.3 is 9.84 Å². The number of aryl methyl sites for hydroxylation is 1. The number of nitrogens with zero attached hydrogens (tertiary/aromatic N) is 1.